The summed E-state index contributed by atoms with van der Waals surface area (Å²) in [7, 11) is -17.9. The summed E-state index contributed by atoms with van der Waals surface area (Å²) in [4.78, 5) is 79.9. The molecule has 0 saturated carbocycles. The van der Waals surface area contributed by atoms with Gasteiger partial charge in [0.05, 0.1) is 0 Å². The van der Waals surface area contributed by atoms with Crippen LogP contribution in [0.15, 0.2) is 0 Å². The minimum atomic E-state index is -4.48. The molecule has 0 aromatic carbocycles. The number of hydrogen-bond donors (Lipinski definition) is 8. The van der Waals surface area contributed by atoms with Crippen molar-refractivity contribution >= 4 is 30.4 Å². The van der Waals surface area contributed by atoms with Crippen molar-refractivity contribution in [3.63, 3.8) is 0 Å². The molecule has 1 saturated heterocycles. The Morgan fingerprint density at radius 3 is 0.606 bits per heavy atom. The quantitative estimate of drug-likeness (QED) is 0.0978. The fourth-order valence-corrected chi connectivity index (χ4v) is 6.40. The van der Waals surface area contributed by atoms with E-state index in [0.29, 0.717) is 0 Å². The first-order valence-corrected chi connectivity index (χ1v) is 16.6. The van der Waals surface area contributed by atoms with Crippen molar-refractivity contribution in [3.8, 4) is 0 Å². The van der Waals surface area contributed by atoms with Gasteiger partial charge < -0.3 is 39.1 Å². The maximum atomic E-state index is 11.5. The maximum absolute atomic E-state index is 11.5. The smallest absolute Gasteiger partial charge is 0.324 e. The van der Waals surface area contributed by atoms with Crippen LogP contribution in [0.4, 0.5) is 0 Å². The van der Waals surface area contributed by atoms with Crippen LogP contribution in [0.5, 0.6) is 0 Å². The summed E-state index contributed by atoms with van der Waals surface area (Å²) in [5.74, 6) is 0. The van der Waals surface area contributed by atoms with E-state index < -0.39 is 55.5 Å². The predicted octanol–water partition coefficient (Wildman–Crippen LogP) is -2.25. The molecule has 33 heavy (non-hydrogen) atoms. The van der Waals surface area contributed by atoms with Crippen LogP contribution in [0.2, 0.25) is 0 Å². The summed E-state index contributed by atoms with van der Waals surface area (Å²) < 4.78 is 45.9. The minimum Gasteiger partial charge on any atom is -0.324 e. The third-order valence-corrected chi connectivity index (χ3v) is 7.54. The van der Waals surface area contributed by atoms with E-state index in [1.807, 2.05) is 0 Å². The predicted molar refractivity (Wildman–Crippen MR) is 114 cm³/mol. The van der Waals surface area contributed by atoms with Crippen molar-refractivity contribution in [1.82, 2.24) is 19.6 Å². The van der Waals surface area contributed by atoms with Crippen molar-refractivity contribution in [3.05, 3.63) is 0 Å². The number of rotatable bonds is 8. The van der Waals surface area contributed by atoms with Crippen molar-refractivity contribution < 1.29 is 95.1 Å². The Morgan fingerprint density at radius 1 is 0.394 bits per heavy atom. The molecule has 21 heteroatoms. The molecule has 16 nitrogen and oxygen atoms in total. The molecule has 1 aliphatic heterocycles. The van der Waals surface area contributed by atoms with Gasteiger partial charge in [-0.15, -0.1) is 0 Å². The second-order valence-electron chi connectivity index (χ2n) is 7.70. The second kappa shape index (κ2) is 14.6. The molecule has 0 amide bonds. The molecule has 0 unspecified atom stereocenters. The van der Waals surface area contributed by atoms with Crippen molar-refractivity contribution in [2.24, 2.45) is 0 Å². The first kappa shape index (κ1) is 34.7. The molecule has 1 heterocycles. The number of hydrogen-bond acceptors (Lipinski definition) is 8. The van der Waals surface area contributed by atoms with E-state index in [9.17, 15) is 57.4 Å². The molecule has 0 aromatic rings. The van der Waals surface area contributed by atoms with Crippen LogP contribution >= 0.6 is 30.4 Å². The Kier molecular flexibility index (Phi) is 15.3. The fraction of sp³-hybridized carbons (Fsp3) is 1.00. The number of nitrogens with zero attached hydrogens (tertiary/aromatic N) is 4. The van der Waals surface area contributed by atoms with Gasteiger partial charge >= 0.3 is 68.1 Å². The van der Waals surface area contributed by atoms with E-state index >= 15 is 0 Å². The Hall–Kier alpha value is 1.70. The summed E-state index contributed by atoms with van der Waals surface area (Å²) in [5, 5.41) is 0. The molecule has 0 radical (unpaired) electrons. The van der Waals surface area contributed by atoms with E-state index in [0.717, 1.165) is 0 Å². The van der Waals surface area contributed by atoms with E-state index in [2.05, 4.69) is 0 Å². The standard InChI is InChI=1S/C12H32N4O12P4.Ho/c17-29(18,19)9-13-1-2-14(10-30(20,21)22)5-6-16(12-32(26,27)28)8-7-15(4-3-13)11-31(23,24)25;/h1-12H2,(H2,17,18,19)(H2,20,21,22)(H2,23,24,25)(H2,26,27,28);/q;+3/i;1+1. The van der Waals surface area contributed by atoms with Crippen LogP contribution in [-0.2, 0) is 18.3 Å². The average molecular weight is 714 g/mol. The molecule has 0 atom stereocenters. The molecule has 0 spiro atoms. The normalized spacial score (nSPS) is 20.6. The van der Waals surface area contributed by atoms with Crippen LogP contribution in [0.1, 0.15) is 0 Å². The van der Waals surface area contributed by atoms with E-state index in [4.69, 9.17) is 0 Å². The van der Waals surface area contributed by atoms with Crippen LogP contribution in [0, 0.1) is 37.7 Å². The largest absolute Gasteiger partial charge is 3.00 e. The third kappa shape index (κ3) is 19.5. The minimum absolute atomic E-state index is 0. The molecule has 1 fully saturated rings. The van der Waals surface area contributed by atoms with Crippen molar-refractivity contribution in [1.29, 1.82) is 0 Å². The summed E-state index contributed by atoms with van der Waals surface area (Å²) >= 11 is 0. The molecule has 0 aliphatic carbocycles. The SMILES string of the molecule is O=P(O)(O)CN1CCN(CP(=O)(O)O)CCN(CP(=O)(O)O)CCN(CP(=O)(O)O)CC1.[166Ho+3]. The van der Waals surface area contributed by atoms with Gasteiger partial charge in [-0.3, -0.25) is 37.9 Å². The van der Waals surface area contributed by atoms with Crippen LogP contribution in [-0.4, -0.2) is 136 Å². The average Bonchev–Trinajstić information content (AvgIpc) is 2.52. The van der Waals surface area contributed by atoms with Gasteiger partial charge in [-0.25, -0.2) is 0 Å². The molecule has 1 aliphatic rings. The monoisotopic (exact) mass is 714 g/mol. The van der Waals surface area contributed by atoms with Gasteiger partial charge in [-0.1, -0.05) is 0 Å². The molecule has 8 N–H and O–H groups in total. The maximum Gasteiger partial charge on any atom is 3.00 e. The fourth-order valence-electron chi connectivity index (χ4n) is 3.19. The Bertz CT molecular complexity index is 640. The second-order valence-corrected chi connectivity index (χ2v) is 14.1. The summed E-state index contributed by atoms with van der Waals surface area (Å²) in [5.41, 5.74) is 0. The van der Waals surface area contributed by atoms with Gasteiger partial charge in [-0.2, -0.15) is 0 Å². The topological polar surface area (TPSA) is 243 Å². The molecule has 0 bridgehead atoms. The van der Waals surface area contributed by atoms with Crippen molar-refractivity contribution in [2.45, 2.75) is 0 Å². The van der Waals surface area contributed by atoms with Gasteiger partial charge in [0.15, 0.2) is 0 Å². The molecule has 0 aromatic heterocycles. The molecular weight excluding hydrogens is 682 g/mol. The van der Waals surface area contributed by atoms with Gasteiger partial charge in [-0.05, 0) is 0 Å². The van der Waals surface area contributed by atoms with E-state index in [1.54, 1.807) is 0 Å². The van der Waals surface area contributed by atoms with Crippen molar-refractivity contribution in [2.75, 3.05) is 77.5 Å². The van der Waals surface area contributed by atoms with E-state index in [-0.39, 0.29) is 90.1 Å². The Labute approximate surface area is 221 Å². The van der Waals surface area contributed by atoms with Gasteiger partial charge in [0.25, 0.3) is 0 Å². The molecule has 1 rings (SSSR count). The first-order chi connectivity index (χ1) is 14.3. The summed E-state index contributed by atoms with van der Waals surface area (Å²) in [6.45, 7) is -0.0527. The third-order valence-electron chi connectivity index (χ3n) is 4.47. The Morgan fingerprint density at radius 2 is 0.515 bits per heavy atom. The molecule has 200 valence electrons. The van der Waals surface area contributed by atoms with Gasteiger partial charge in [0, 0.05) is 52.4 Å². The van der Waals surface area contributed by atoms with Gasteiger partial charge in [0.1, 0.15) is 25.1 Å². The zero-order valence-corrected chi connectivity index (χ0v) is 23.1. The van der Waals surface area contributed by atoms with Gasteiger partial charge in [0.2, 0.25) is 0 Å². The molecular formula is C12H32HoN4O12P4+3. The Balaban J connectivity index is 0.0000102. The zero-order chi connectivity index (χ0) is 24.8. The zero-order valence-electron chi connectivity index (χ0n) is 17.6. The first-order valence-electron chi connectivity index (χ1n) is 9.39. The van der Waals surface area contributed by atoms with Crippen LogP contribution in [0.3, 0.4) is 0 Å². The summed E-state index contributed by atoms with van der Waals surface area (Å²) in [6.07, 6.45) is -2.59. The van der Waals surface area contributed by atoms with E-state index in [1.165, 1.54) is 19.6 Å². The summed E-state index contributed by atoms with van der Waals surface area (Å²) in [6, 6.07) is 0. The van der Waals surface area contributed by atoms with Crippen LogP contribution in [0.25, 0.3) is 0 Å². The van der Waals surface area contributed by atoms with Crippen LogP contribution < -0.4 is 0 Å².